The summed E-state index contributed by atoms with van der Waals surface area (Å²) in [6.45, 7) is 20.1. The molecular weight excluding hydrogens is 396 g/mol. The third kappa shape index (κ3) is 9.39. The summed E-state index contributed by atoms with van der Waals surface area (Å²) in [6.07, 6.45) is 10.2. The Morgan fingerprint density at radius 2 is 1.78 bits per heavy atom. The molecular formula is C26H46N6. The third-order valence-electron chi connectivity index (χ3n) is 5.75. The van der Waals surface area contributed by atoms with E-state index in [1.165, 1.54) is 18.4 Å². The van der Waals surface area contributed by atoms with Gasteiger partial charge in [0, 0.05) is 69.6 Å². The molecule has 2 aliphatic rings. The second-order valence-corrected chi connectivity index (χ2v) is 10.6. The first-order valence-electron chi connectivity index (χ1n) is 12.2. The molecule has 0 radical (unpaired) electrons. The highest BCUT2D eigenvalue weighted by Crippen LogP contribution is 2.21. The van der Waals surface area contributed by atoms with Crippen molar-refractivity contribution in [3.63, 3.8) is 0 Å². The van der Waals surface area contributed by atoms with Gasteiger partial charge < -0.3 is 9.88 Å². The van der Waals surface area contributed by atoms with E-state index in [0.717, 1.165) is 51.0 Å². The van der Waals surface area contributed by atoms with Gasteiger partial charge in [-0.05, 0) is 57.7 Å². The molecule has 32 heavy (non-hydrogen) atoms. The minimum atomic E-state index is 0.301. The summed E-state index contributed by atoms with van der Waals surface area (Å²) in [6, 6.07) is 4.69. The number of aromatic nitrogens is 3. The smallest absolute Gasteiger partial charge is 0.122 e. The minimum absolute atomic E-state index is 0.301. The highest BCUT2D eigenvalue weighted by molar-refractivity contribution is 5.14. The minimum Gasteiger partial charge on any atom is -0.337 e. The first-order valence-corrected chi connectivity index (χ1v) is 12.2. The Labute approximate surface area is 196 Å². The van der Waals surface area contributed by atoms with E-state index < -0.39 is 0 Å². The molecule has 2 saturated heterocycles. The van der Waals surface area contributed by atoms with Crippen molar-refractivity contribution in [1.29, 1.82) is 0 Å². The highest BCUT2D eigenvalue weighted by Gasteiger charge is 2.26. The number of rotatable bonds is 3. The molecule has 6 heteroatoms. The molecule has 180 valence electrons. The van der Waals surface area contributed by atoms with Crippen LogP contribution in [-0.2, 0) is 13.6 Å². The molecule has 2 aromatic heterocycles. The lowest BCUT2D eigenvalue weighted by molar-refractivity contribution is 0.0576. The molecule has 1 N–H and O–H groups in total. The van der Waals surface area contributed by atoms with Crippen LogP contribution in [0.25, 0.3) is 0 Å². The molecule has 2 aromatic rings. The fourth-order valence-corrected chi connectivity index (χ4v) is 3.88. The van der Waals surface area contributed by atoms with E-state index in [2.05, 4.69) is 84.3 Å². The number of hydrogen-bond acceptors (Lipinski definition) is 5. The van der Waals surface area contributed by atoms with Gasteiger partial charge in [0.2, 0.25) is 0 Å². The lowest BCUT2D eigenvalue weighted by Crippen LogP contribution is -2.53. The van der Waals surface area contributed by atoms with E-state index in [9.17, 15) is 0 Å². The van der Waals surface area contributed by atoms with Crippen LogP contribution in [-0.4, -0.2) is 62.6 Å². The summed E-state index contributed by atoms with van der Waals surface area (Å²) in [7, 11) is 2.06. The molecule has 0 aromatic carbocycles. The standard InChI is InChI=1S/C13H24N4.C9H12N2.C4H10/c1-13(2,3)17-9-7-16(8-10-17)11-12-14-5-6-15(12)4;1-3-8(7-10-5-1)9-4-2-6-11-9;1-4(2)3/h5-6H,7-11H2,1-4H3;1,3,5,7,9,11H,2,4,6H2;4H,1-3H3. The predicted octanol–water partition coefficient (Wildman–Crippen LogP) is 4.50. The molecule has 0 aliphatic carbocycles. The molecule has 1 atom stereocenters. The van der Waals surface area contributed by atoms with E-state index in [1.807, 2.05) is 30.9 Å². The van der Waals surface area contributed by atoms with Gasteiger partial charge >= 0.3 is 0 Å². The van der Waals surface area contributed by atoms with Crippen molar-refractivity contribution in [2.24, 2.45) is 13.0 Å². The largest absolute Gasteiger partial charge is 0.337 e. The number of pyridine rings is 1. The quantitative estimate of drug-likeness (QED) is 0.758. The van der Waals surface area contributed by atoms with Crippen molar-refractivity contribution in [3.05, 3.63) is 48.3 Å². The number of nitrogens with zero attached hydrogens (tertiary/aromatic N) is 5. The predicted molar refractivity (Wildman–Crippen MR) is 135 cm³/mol. The molecule has 2 aliphatic heterocycles. The summed E-state index contributed by atoms with van der Waals surface area (Å²) in [5, 5.41) is 3.43. The van der Waals surface area contributed by atoms with Crippen molar-refractivity contribution in [1.82, 2.24) is 29.7 Å². The van der Waals surface area contributed by atoms with Crippen LogP contribution in [0.5, 0.6) is 0 Å². The lowest BCUT2D eigenvalue weighted by atomic mass is 10.1. The van der Waals surface area contributed by atoms with Crippen molar-refractivity contribution in [2.75, 3.05) is 32.7 Å². The molecule has 0 amide bonds. The van der Waals surface area contributed by atoms with Crippen molar-refractivity contribution in [3.8, 4) is 0 Å². The number of nitrogens with one attached hydrogen (secondary N) is 1. The summed E-state index contributed by atoms with van der Waals surface area (Å²) in [5.74, 6) is 1.99. The zero-order valence-corrected chi connectivity index (χ0v) is 21.5. The molecule has 0 spiro atoms. The average Bonchev–Trinajstić information content (AvgIpc) is 3.41. The van der Waals surface area contributed by atoms with Gasteiger partial charge in [0.25, 0.3) is 0 Å². The van der Waals surface area contributed by atoms with E-state index >= 15 is 0 Å². The fraction of sp³-hybridized carbons (Fsp3) is 0.692. The van der Waals surface area contributed by atoms with Crippen LogP contribution < -0.4 is 5.32 Å². The topological polar surface area (TPSA) is 49.2 Å². The van der Waals surface area contributed by atoms with Crippen LogP contribution >= 0.6 is 0 Å². The van der Waals surface area contributed by atoms with Gasteiger partial charge in [-0.15, -0.1) is 0 Å². The molecule has 0 saturated carbocycles. The van der Waals surface area contributed by atoms with Gasteiger partial charge in [-0.2, -0.15) is 0 Å². The van der Waals surface area contributed by atoms with Crippen LogP contribution in [0, 0.1) is 5.92 Å². The molecule has 4 heterocycles. The molecule has 0 bridgehead atoms. The average molecular weight is 443 g/mol. The zero-order valence-electron chi connectivity index (χ0n) is 21.5. The van der Waals surface area contributed by atoms with E-state index in [0.29, 0.717) is 11.6 Å². The maximum Gasteiger partial charge on any atom is 0.122 e. The number of imidazole rings is 1. The van der Waals surface area contributed by atoms with E-state index in [4.69, 9.17) is 0 Å². The molecule has 2 fully saturated rings. The SMILES string of the molecule is CC(C)C.Cn1ccnc1CN1CCN(C(C)(C)C)CC1.c1cncc(C2CCCN2)c1. The Morgan fingerprint density at radius 1 is 1.09 bits per heavy atom. The summed E-state index contributed by atoms with van der Waals surface area (Å²) >= 11 is 0. The van der Waals surface area contributed by atoms with Crippen LogP contribution in [0.15, 0.2) is 36.9 Å². The van der Waals surface area contributed by atoms with E-state index in [-0.39, 0.29) is 0 Å². The van der Waals surface area contributed by atoms with Crippen LogP contribution in [0.4, 0.5) is 0 Å². The Hall–Kier alpha value is -1.76. The fourth-order valence-electron chi connectivity index (χ4n) is 3.88. The Bertz CT molecular complexity index is 732. The van der Waals surface area contributed by atoms with Gasteiger partial charge in [-0.3, -0.25) is 14.8 Å². The Morgan fingerprint density at radius 3 is 2.25 bits per heavy atom. The lowest BCUT2D eigenvalue weighted by Gasteiger charge is -2.42. The summed E-state index contributed by atoms with van der Waals surface area (Å²) in [5.41, 5.74) is 1.62. The number of piperazine rings is 1. The molecule has 4 rings (SSSR count). The van der Waals surface area contributed by atoms with Gasteiger partial charge in [0.05, 0.1) is 6.54 Å². The maximum absolute atomic E-state index is 4.39. The third-order valence-corrected chi connectivity index (χ3v) is 5.75. The van der Waals surface area contributed by atoms with Crippen LogP contribution in [0.1, 0.15) is 71.8 Å². The van der Waals surface area contributed by atoms with Gasteiger partial charge in [-0.25, -0.2) is 4.98 Å². The molecule has 6 nitrogen and oxygen atoms in total. The van der Waals surface area contributed by atoms with Gasteiger partial charge in [0.15, 0.2) is 0 Å². The second kappa shape index (κ2) is 13.1. The van der Waals surface area contributed by atoms with Crippen molar-refractivity contribution in [2.45, 2.75) is 72.5 Å². The monoisotopic (exact) mass is 442 g/mol. The summed E-state index contributed by atoms with van der Waals surface area (Å²) < 4.78 is 2.11. The Balaban J connectivity index is 0.000000207. The van der Waals surface area contributed by atoms with Crippen LogP contribution in [0.3, 0.4) is 0 Å². The van der Waals surface area contributed by atoms with Crippen LogP contribution in [0.2, 0.25) is 0 Å². The van der Waals surface area contributed by atoms with Gasteiger partial charge in [-0.1, -0.05) is 26.8 Å². The van der Waals surface area contributed by atoms with Crippen molar-refractivity contribution >= 4 is 0 Å². The zero-order chi connectivity index (χ0) is 23.6. The van der Waals surface area contributed by atoms with Gasteiger partial charge in [0.1, 0.15) is 5.82 Å². The highest BCUT2D eigenvalue weighted by atomic mass is 15.3. The van der Waals surface area contributed by atoms with E-state index in [1.54, 1.807) is 0 Å². The normalized spacial score (nSPS) is 19.8. The number of hydrogen-bond donors (Lipinski definition) is 1. The summed E-state index contributed by atoms with van der Waals surface area (Å²) in [4.78, 5) is 13.5. The second-order valence-electron chi connectivity index (χ2n) is 10.6. The van der Waals surface area contributed by atoms with Crippen molar-refractivity contribution < 1.29 is 0 Å². The molecule has 1 unspecified atom stereocenters. The Kier molecular flexibility index (Phi) is 10.8. The maximum atomic E-state index is 4.39. The number of aryl methyl sites for hydroxylation is 1. The first-order chi connectivity index (χ1) is 15.2. The first kappa shape index (κ1) is 26.5.